The van der Waals surface area contributed by atoms with E-state index in [9.17, 15) is 9.50 Å². The van der Waals surface area contributed by atoms with Gasteiger partial charge in [0.05, 0.1) is 11.1 Å². The highest BCUT2D eigenvalue weighted by molar-refractivity contribution is 6.31. The van der Waals surface area contributed by atoms with Gasteiger partial charge in [-0.25, -0.2) is 4.39 Å². The van der Waals surface area contributed by atoms with Crippen molar-refractivity contribution in [3.63, 3.8) is 0 Å². The highest BCUT2D eigenvalue weighted by atomic mass is 35.5. The number of halogens is 3. The van der Waals surface area contributed by atoms with Crippen molar-refractivity contribution in [1.29, 1.82) is 0 Å². The second-order valence-corrected chi connectivity index (χ2v) is 4.70. The van der Waals surface area contributed by atoms with Gasteiger partial charge in [-0.05, 0) is 23.8 Å². The zero-order chi connectivity index (χ0) is 13.1. The largest absolute Gasteiger partial charge is 0.388 e. The zero-order valence-corrected chi connectivity index (χ0v) is 10.8. The third kappa shape index (κ3) is 2.99. The lowest BCUT2D eigenvalue weighted by molar-refractivity contribution is 0.177. The predicted octanol–water partition coefficient (Wildman–Crippen LogP) is 3.80. The van der Waals surface area contributed by atoms with Gasteiger partial charge in [-0.1, -0.05) is 29.3 Å². The zero-order valence-electron chi connectivity index (χ0n) is 9.28. The molecule has 0 saturated heterocycles. The molecule has 1 unspecified atom stereocenters. The van der Waals surface area contributed by atoms with Crippen LogP contribution in [0.2, 0.25) is 10.0 Å². The Hall–Kier alpha value is -1.16. The molecule has 1 N–H and O–H groups in total. The lowest BCUT2D eigenvalue weighted by Crippen LogP contribution is -2.04. The number of rotatable bonds is 3. The molecule has 0 bridgehead atoms. The molecule has 1 aromatic heterocycles. The van der Waals surface area contributed by atoms with Gasteiger partial charge in [0, 0.05) is 29.4 Å². The summed E-state index contributed by atoms with van der Waals surface area (Å²) in [5.41, 5.74) is 0.917. The Morgan fingerprint density at radius 2 is 2.06 bits per heavy atom. The first-order valence-electron chi connectivity index (χ1n) is 5.29. The van der Waals surface area contributed by atoms with E-state index in [0.717, 1.165) is 0 Å². The van der Waals surface area contributed by atoms with Gasteiger partial charge in [-0.3, -0.25) is 4.98 Å². The Labute approximate surface area is 114 Å². The first-order chi connectivity index (χ1) is 8.58. The summed E-state index contributed by atoms with van der Waals surface area (Å²) in [6.45, 7) is 0. The second kappa shape index (κ2) is 5.65. The number of aliphatic hydroxyl groups is 1. The molecular weight excluding hydrogens is 276 g/mol. The molecule has 0 radical (unpaired) electrons. The van der Waals surface area contributed by atoms with E-state index in [1.807, 2.05) is 0 Å². The maximum atomic E-state index is 13.6. The summed E-state index contributed by atoms with van der Waals surface area (Å²) in [6.07, 6.45) is 2.23. The molecule has 1 atom stereocenters. The maximum absolute atomic E-state index is 13.6. The summed E-state index contributed by atoms with van der Waals surface area (Å²) in [5, 5.41) is 10.7. The van der Waals surface area contributed by atoms with Gasteiger partial charge in [0.2, 0.25) is 0 Å². The highest BCUT2D eigenvalue weighted by Crippen LogP contribution is 2.26. The Bertz CT molecular complexity index is 562. The third-order valence-corrected chi connectivity index (χ3v) is 3.14. The van der Waals surface area contributed by atoms with Crippen molar-refractivity contribution < 1.29 is 9.50 Å². The van der Waals surface area contributed by atoms with E-state index >= 15 is 0 Å². The molecule has 0 amide bonds. The van der Waals surface area contributed by atoms with E-state index in [1.54, 1.807) is 18.2 Å². The number of nitrogens with zero attached hydrogens (tertiary/aromatic N) is 1. The maximum Gasteiger partial charge on any atom is 0.127 e. The van der Waals surface area contributed by atoms with Crippen molar-refractivity contribution in [2.45, 2.75) is 12.5 Å². The first-order valence-corrected chi connectivity index (χ1v) is 6.05. The van der Waals surface area contributed by atoms with Gasteiger partial charge < -0.3 is 5.11 Å². The van der Waals surface area contributed by atoms with E-state index in [1.165, 1.54) is 18.5 Å². The van der Waals surface area contributed by atoms with Crippen molar-refractivity contribution in [1.82, 2.24) is 4.98 Å². The minimum absolute atomic E-state index is 0.132. The fourth-order valence-electron chi connectivity index (χ4n) is 1.66. The summed E-state index contributed by atoms with van der Waals surface area (Å²) in [5.74, 6) is -0.438. The van der Waals surface area contributed by atoms with Crippen LogP contribution in [0.3, 0.4) is 0 Å². The van der Waals surface area contributed by atoms with Crippen LogP contribution in [0.1, 0.15) is 17.2 Å². The number of aromatic nitrogens is 1. The average Bonchev–Trinajstić information content (AvgIpc) is 2.33. The average molecular weight is 286 g/mol. The summed E-state index contributed by atoms with van der Waals surface area (Å²) < 4.78 is 13.6. The third-order valence-electron chi connectivity index (χ3n) is 2.59. The van der Waals surface area contributed by atoms with E-state index in [0.29, 0.717) is 21.2 Å². The van der Waals surface area contributed by atoms with Crippen molar-refractivity contribution in [3.8, 4) is 0 Å². The minimum atomic E-state index is -0.879. The topological polar surface area (TPSA) is 33.1 Å². The predicted molar refractivity (Wildman–Crippen MR) is 69.3 cm³/mol. The van der Waals surface area contributed by atoms with Crippen molar-refractivity contribution in [2.24, 2.45) is 0 Å². The molecule has 2 aromatic rings. The van der Waals surface area contributed by atoms with Crippen LogP contribution in [0.4, 0.5) is 4.39 Å². The minimum Gasteiger partial charge on any atom is -0.388 e. The standard InChI is InChI=1S/C13H10Cl2FNO/c14-9-2-1-8(12(16)6-9)5-13(18)10-3-4-17-7-11(10)15/h1-4,6-7,13,18H,5H2. The molecular formula is C13H10Cl2FNO. The van der Waals surface area contributed by atoms with Gasteiger partial charge in [-0.15, -0.1) is 0 Å². The smallest absolute Gasteiger partial charge is 0.127 e. The van der Waals surface area contributed by atoms with Crippen LogP contribution in [0.15, 0.2) is 36.7 Å². The highest BCUT2D eigenvalue weighted by Gasteiger charge is 2.14. The molecule has 94 valence electrons. The lowest BCUT2D eigenvalue weighted by Gasteiger charge is -2.13. The monoisotopic (exact) mass is 285 g/mol. The molecule has 1 heterocycles. The van der Waals surface area contributed by atoms with E-state index in [2.05, 4.69) is 4.98 Å². The van der Waals surface area contributed by atoms with Gasteiger partial charge in [0.25, 0.3) is 0 Å². The van der Waals surface area contributed by atoms with Crippen LogP contribution >= 0.6 is 23.2 Å². The fraction of sp³-hybridized carbons (Fsp3) is 0.154. The van der Waals surface area contributed by atoms with Crippen LogP contribution < -0.4 is 0 Å². The summed E-state index contributed by atoms with van der Waals surface area (Å²) in [7, 11) is 0. The van der Waals surface area contributed by atoms with E-state index in [4.69, 9.17) is 23.2 Å². The molecule has 18 heavy (non-hydrogen) atoms. The number of aliphatic hydroxyl groups excluding tert-OH is 1. The van der Waals surface area contributed by atoms with Crippen molar-refractivity contribution in [2.75, 3.05) is 0 Å². The van der Waals surface area contributed by atoms with Gasteiger partial charge >= 0.3 is 0 Å². The Morgan fingerprint density at radius 3 is 2.72 bits per heavy atom. The molecule has 0 aliphatic carbocycles. The Morgan fingerprint density at radius 1 is 1.28 bits per heavy atom. The molecule has 1 aromatic carbocycles. The van der Waals surface area contributed by atoms with Crippen LogP contribution in [0, 0.1) is 5.82 Å². The molecule has 0 aliphatic heterocycles. The molecule has 0 saturated carbocycles. The molecule has 2 nitrogen and oxygen atoms in total. The van der Waals surface area contributed by atoms with Crippen LogP contribution in [0.25, 0.3) is 0 Å². The fourth-order valence-corrected chi connectivity index (χ4v) is 2.07. The number of pyridine rings is 1. The number of hydrogen-bond donors (Lipinski definition) is 1. The van der Waals surface area contributed by atoms with E-state index < -0.39 is 11.9 Å². The second-order valence-electron chi connectivity index (χ2n) is 3.85. The van der Waals surface area contributed by atoms with Crippen LogP contribution in [-0.2, 0) is 6.42 Å². The molecule has 0 spiro atoms. The number of benzene rings is 1. The molecule has 0 fully saturated rings. The molecule has 2 rings (SSSR count). The van der Waals surface area contributed by atoms with Crippen LogP contribution in [-0.4, -0.2) is 10.1 Å². The summed E-state index contributed by atoms with van der Waals surface area (Å²) in [4.78, 5) is 3.83. The van der Waals surface area contributed by atoms with Crippen LogP contribution in [0.5, 0.6) is 0 Å². The number of hydrogen-bond acceptors (Lipinski definition) is 2. The normalized spacial score (nSPS) is 12.4. The SMILES string of the molecule is OC(Cc1ccc(Cl)cc1F)c1ccncc1Cl. The van der Waals surface area contributed by atoms with Crippen molar-refractivity contribution >= 4 is 23.2 Å². The lowest BCUT2D eigenvalue weighted by atomic mass is 10.0. The summed E-state index contributed by atoms with van der Waals surface area (Å²) in [6, 6.07) is 5.97. The van der Waals surface area contributed by atoms with Gasteiger partial charge in [0.1, 0.15) is 5.82 Å². The molecule has 0 aliphatic rings. The molecule has 5 heteroatoms. The van der Waals surface area contributed by atoms with Gasteiger partial charge in [0.15, 0.2) is 0 Å². The van der Waals surface area contributed by atoms with Crippen molar-refractivity contribution in [3.05, 3.63) is 63.6 Å². The summed E-state index contributed by atoms with van der Waals surface area (Å²) >= 11 is 11.6. The first kappa shape index (κ1) is 13.3. The quantitative estimate of drug-likeness (QED) is 0.930. The Balaban J connectivity index is 2.21. The Kier molecular flexibility index (Phi) is 4.17. The van der Waals surface area contributed by atoms with Gasteiger partial charge in [-0.2, -0.15) is 0 Å². The van der Waals surface area contributed by atoms with E-state index in [-0.39, 0.29) is 6.42 Å².